The molecule has 1 amide bonds. The summed E-state index contributed by atoms with van der Waals surface area (Å²) in [5.74, 6) is 1.89. The van der Waals surface area contributed by atoms with Crippen molar-refractivity contribution in [1.29, 1.82) is 0 Å². The molecule has 1 atom stereocenters. The molecule has 4 rings (SSSR count). The van der Waals surface area contributed by atoms with E-state index < -0.39 is 0 Å². The molecule has 0 saturated carbocycles. The lowest BCUT2D eigenvalue weighted by Gasteiger charge is -2.24. The number of imidazole rings is 1. The van der Waals surface area contributed by atoms with E-state index >= 15 is 0 Å². The van der Waals surface area contributed by atoms with Crippen LogP contribution in [0.3, 0.4) is 0 Å². The van der Waals surface area contributed by atoms with Crippen LogP contribution in [0, 0.1) is 6.92 Å². The summed E-state index contributed by atoms with van der Waals surface area (Å²) in [4.78, 5) is 29.4. The molecule has 6 nitrogen and oxygen atoms in total. The van der Waals surface area contributed by atoms with Crippen LogP contribution in [-0.2, 0) is 0 Å². The maximum atomic E-state index is 13.0. The highest BCUT2D eigenvalue weighted by Crippen LogP contribution is 2.32. The normalized spacial score (nSPS) is 20.8. The Morgan fingerprint density at radius 1 is 1.21 bits per heavy atom. The molecule has 126 valence electrons. The van der Waals surface area contributed by atoms with Crippen molar-refractivity contribution in [2.45, 2.75) is 38.6 Å². The van der Waals surface area contributed by atoms with Crippen LogP contribution in [0.2, 0.25) is 0 Å². The van der Waals surface area contributed by atoms with E-state index in [1.54, 1.807) is 6.20 Å². The molecule has 2 aromatic heterocycles. The zero-order chi connectivity index (χ0) is 16.5. The van der Waals surface area contributed by atoms with Gasteiger partial charge in [0.25, 0.3) is 5.91 Å². The quantitative estimate of drug-likeness (QED) is 0.942. The van der Waals surface area contributed by atoms with Gasteiger partial charge in [-0.2, -0.15) is 0 Å². The number of hydrogen-bond donors (Lipinski definition) is 1. The van der Waals surface area contributed by atoms with Gasteiger partial charge in [-0.3, -0.25) is 4.79 Å². The first-order chi connectivity index (χ1) is 11.7. The molecule has 1 unspecified atom stereocenters. The second-order valence-corrected chi connectivity index (χ2v) is 6.70. The Morgan fingerprint density at radius 2 is 2.04 bits per heavy atom. The van der Waals surface area contributed by atoms with Crippen molar-refractivity contribution < 1.29 is 4.79 Å². The van der Waals surface area contributed by atoms with E-state index in [1.165, 1.54) is 12.8 Å². The highest BCUT2D eigenvalue weighted by atomic mass is 16.2. The highest BCUT2D eigenvalue weighted by Gasteiger charge is 2.32. The molecule has 24 heavy (non-hydrogen) atoms. The monoisotopic (exact) mass is 325 g/mol. The molecule has 0 aromatic carbocycles. The summed E-state index contributed by atoms with van der Waals surface area (Å²) in [5, 5.41) is 0. The van der Waals surface area contributed by atoms with Gasteiger partial charge in [-0.1, -0.05) is 0 Å². The zero-order valence-corrected chi connectivity index (χ0v) is 14.0. The summed E-state index contributed by atoms with van der Waals surface area (Å²) in [6.45, 7) is 4.83. The van der Waals surface area contributed by atoms with E-state index in [2.05, 4.69) is 19.9 Å². The van der Waals surface area contributed by atoms with Gasteiger partial charge in [-0.05, 0) is 44.7 Å². The van der Waals surface area contributed by atoms with E-state index in [0.717, 1.165) is 55.4 Å². The summed E-state index contributed by atoms with van der Waals surface area (Å²) in [6.07, 6.45) is 7.96. The van der Waals surface area contributed by atoms with Gasteiger partial charge < -0.3 is 14.8 Å². The minimum absolute atomic E-state index is 0.0506. The smallest absolute Gasteiger partial charge is 0.254 e. The maximum absolute atomic E-state index is 13.0. The molecular weight excluding hydrogens is 302 g/mol. The summed E-state index contributed by atoms with van der Waals surface area (Å²) < 4.78 is 0. The first-order valence-electron chi connectivity index (χ1n) is 8.76. The predicted molar refractivity (Wildman–Crippen MR) is 92.0 cm³/mol. The second kappa shape index (κ2) is 6.26. The molecule has 2 fully saturated rings. The van der Waals surface area contributed by atoms with Gasteiger partial charge in [0.05, 0.1) is 6.04 Å². The molecule has 6 heteroatoms. The molecule has 0 radical (unpaired) electrons. The number of likely N-dealkylation sites (tertiary alicyclic amines) is 1. The number of rotatable bonds is 3. The number of nitrogens with one attached hydrogen (secondary N) is 1. The summed E-state index contributed by atoms with van der Waals surface area (Å²) in [7, 11) is 0. The van der Waals surface area contributed by atoms with Crippen molar-refractivity contribution in [3.63, 3.8) is 0 Å². The summed E-state index contributed by atoms with van der Waals surface area (Å²) in [6, 6.07) is 3.82. The number of carbonyl (C=O) groups excluding carboxylic acids is 1. The van der Waals surface area contributed by atoms with Gasteiger partial charge in [0.2, 0.25) is 0 Å². The SMILES string of the molecule is Cc1cnc(C2CCCN2C(=O)c2ccnc(N3CCCC3)c2)[nH]1. The van der Waals surface area contributed by atoms with Gasteiger partial charge >= 0.3 is 0 Å². The largest absolute Gasteiger partial charge is 0.357 e. The van der Waals surface area contributed by atoms with Crippen LogP contribution in [0.15, 0.2) is 24.5 Å². The van der Waals surface area contributed by atoms with Crippen molar-refractivity contribution in [2.75, 3.05) is 24.5 Å². The van der Waals surface area contributed by atoms with Crippen LogP contribution in [-0.4, -0.2) is 45.4 Å². The van der Waals surface area contributed by atoms with Gasteiger partial charge in [0.1, 0.15) is 11.6 Å². The lowest BCUT2D eigenvalue weighted by Crippen LogP contribution is -2.31. The third kappa shape index (κ3) is 2.77. The molecule has 0 aliphatic carbocycles. The zero-order valence-electron chi connectivity index (χ0n) is 14.0. The molecule has 2 aliphatic rings. The van der Waals surface area contributed by atoms with Crippen LogP contribution in [0.25, 0.3) is 0 Å². The minimum Gasteiger partial charge on any atom is -0.357 e. The Hall–Kier alpha value is -2.37. The number of amides is 1. The fourth-order valence-electron chi connectivity index (χ4n) is 3.73. The number of aromatic nitrogens is 3. The number of anilines is 1. The molecule has 0 spiro atoms. The van der Waals surface area contributed by atoms with Crippen molar-refractivity contribution >= 4 is 11.7 Å². The number of hydrogen-bond acceptors (Lipinski definition) is 4. The number of carbonyl (C=O) groups is 1. The topological polar surface area (TPSA) is 65.1 Å². The lowest BCUT2D eigenvalue weighted by molar-refractivity contribution is 0.0730. The highest BCUT2D eigenvalue weighted by molar-refractivity contribution is 5.95. The Balaban J connectivity index is 1.57. The number of aromatic amines is 1. The molecule has 2 aliphatic heterocycles. The third-order valence-electron chi connectivity index (χ3n) is 4.97. The summed E-state index contributed by atoms with van der Waals surface area (Å²) >= 11 is 0. The first kappa shape index (κ1) is 15.2. The van der Waals surface area contributed by atoms with Gasteiger partial charge in [-0.25, -0.2) is 9.97 Å². The second-order valence-electron chi connectivity index (χ2n) is 6.70. The standard InChI is InChI=1S/C18H23N5O/c1-13-12-20-17(21-13)15-5-4-10-23(15)18(24)14-6-7-19-16(11-14)22-8-2-3-9-22/h6-7,11-12,15H,2-5,8-10H2,1H3,(H,20,21). The van der Waals surface area contributed by atoms with E-state index in [4.69, 9.17) is 0 Å². The molecule has 2 saturated heterocycles. The third-order valence-corrected chi connectivity index (χ3v) is 4.97. The molecule has 4 heterocycles. The summed E-state index contributed by atoms with van der Waals surface area (Å²) in [5.41, 5.74) is 1.76. The number of aryl methyl sites for hydroxylation is 1. The van der Waals surface area contributed by atoms with Crippen LogP contribution >= 0.6 is 0 Å². The fourth-order valence-corrected chi connectivity index (χ4v) is 3.73. The average molecular weight is 325 g/mol. The number of H-pyrrole nitrogens is 1. The Bertz CT molecular complexity index is 735. The van der Waals surface area contributed by atoms with Crippen LogP contribution < -0.4 is 4.90 Å². The predicted octanol–water partition coefficient (Wildman–Crippen LogP) is 2.69. The van der Waals surface area contributed by atoms with Crippen LogP contribution in [0.1, 0.15) is 53.6 Å². The van der Waals surface area contributed by atoms with E-state index in [0.29, 0.717) is 0 Å². The molecule has 2 aromatic rings. The fraction of sp³-hybridized carbons (Fsp3) is 0.500. The van der Waals surface area contributed by atoms with E-state index in [-0.39, 0.29) is 11.9 Å². The Labute approximate surface area is 141 Å². The first-order valence-corrected chi connectivity index (χ1v) is 8.76. The van der Waals surface area contributed by atoms with Crippen molar-refractivity contribution in [3.8, 4) is 0 Å². The average Bonchev–Trinajstić information content (AvgIpc) is 3.35. The number of nitrogens with zero attached hydrogens (tertiary/aromatic N) is 4. The van der Waals surface area contributed by atoms with Crippen molar-refractivity contribution in [3.05, 3.63) is 41.6 Å². The van der Waals surface area contributed by atoms with Crippen molar-refractivity contribution in [1.82, 2.24) is 19.9 Å². The van der Waals surface area contributed by atoms with Crippen LogP contribution in [0.4, 0.5) is 5.82 Å². The minimum atomic E-state index is 0.0506. The molecule has 0 bridgehead atoms. The van der Waals surface area contributed by atoms with E-state index in [9.17, 15) is 4.79 Å². The number of pyridine rings is 1. The van der Waals surface area contributed by atoms with Gasteiger partial charge in [-0.15, -0.1) is 0 Å². The van der Waals surface area contributed by atoms with Gasteiger partial charge in [0, 0.05) is 43.3 Å². The van der Waals surface area contributed by atoms with Gasteiger partial charge in [0.15, 0.2) is 0 Å². The van der Waals surface area contributed by atoms with E-state index in [1.807, 2.05) is 30.2 Å². The maximum Gasteiger partial charge on any atom is 0.254 e. The Kier molecular flexibility index (Phi) is 3.96. The molecule has 1 N–H and O–H groups in total. The lowest BCUT2D eigenvalue weighted by atomic mass is 10.1. The molecular formula is C18H23N5O. The Morgan fingerprint density at radius 3 is 2.79 bits per heavy atom. The van der Waals surface area contributed by atoms with Crippen molar-refractivity contribution in [2.24, 2.45) is 0 Å². The van der Waals surface area contributed by atoms with Crippen LogP contribution in [0.5, 0.6) is 0 Å².